The number of methoxy groups -OCH3 is 1. The lowest BCUT2D eigenvalue weighted by Gasteiger charge is -2.08. The molecule has 0 unspecified atom stereocenters. The summed E-state index contributed by atoms with van der Waals surface area (Å²) in [6.07, 6.45) is 2.20. The molecule has 2 aromatic rings. The summed E-state index contributed by atoms with van der Waals surface area (Å²) < 4.78 is 15.7. The van der Waals surface area contributed by atoms with Crippen LogP contribution in [0, 0.1) is 0 Å². The second-order valence-corrected chi connectivity index (χ2v) is 4.68. The largest absolute Gasteiger partial charge is 0.493 e. The number of carbonyl (C=O) groups excluding carboxylic acids is 1. The SMILES string of the molecule is COCCCOc1cccc(NC(=O)c2coc(CN)c2)c1. The number of anilines is 1. The Hall–Kier alpha value is -2.31. The van der Waals surface area contributed by atoms with Crippen molar-refractivity contribution in [1.82, 2.24) is 0 Å². The zero-order valence-electron chi connectivity index (χ0n) is 12.5. The summed E-state index contributed by atoms with van der Waals surface area (Å²) in [6.45, 7) is 1.48. The highest BCUT2D eigenvalue weighted by atomic mass is 16.5. The number of rotatable bonds is 8. The van der Waals surface area contributed by atoms with Gasteiger partial charge in [-0.05, 0) is 18.2 Å². The molecule has 22 heavy (non-hydrogen) atoms. The molecule has 1 heterocycles. The van der Waals surface area contributed by atoms with Gasteiger partial charge in [-0.3, -0.25) is 4.79 Å². The monoisotopic (exact) mass is 304 g/mol. The lowest BCUT2D eigenvalue weighted by atomic mass is 10.2. The van der Waals surface area contributed by atoms with E-state index in [4.69, 9.17) is 19.6 Å². The Bertz CT molecular complexity index is 610. The predicted molar refractivity (Wildman–Crippen MR) is 83.0 cm³/mol. The highest BCUT2D eigenvalue weighted by molar-refractivity contribution is 6.04. The first-order valence-electron chi connectivity index (χ1n) is 7.03. The van der Waals surface area contributed by atoms with Crippen molar-refractivity contribution in [3.05, 3.63) is 47.9 Å². The van der Waals surface area contributed by atoms with E-state index >= 15 is 0 Å². The molecule has 0 aliphatic carbocycles. The maximum absolute atomic E-state index is 12.1. The summed E-state index contributed by atoms with van der Waals surface area (Å²) in [7, 11) is 1.65. The van der Waals surface area contributed by atoms with E-state index in [9.17, 15) is 4.79 Å². The van der Waals surface area contributed by atoms with Crippen LogP contribution in [0.4, 0.5) is 5.69 Å². The number of hydrogen-bond donors (Lipinski definition) is 2. The van der Waals surface area contributed by atoms with Crippen LogP contribution in [-0.4, -0.2) is 26.2 Å². The summed E-state index contributed by atoms with van der Waals surface area (Å²) in [5, 5.41) is 2.79. The zero-order valence-corrected chi connectivity index (χ0v) is 12.5. The Balaban J connectivity index is 1.93. The van der Waals surface area contributed by atoms with Crippen molar-refractivity contribution in [2.24, 2.45) is 5.73 Å². The summed E-state index contributed by atoms with van der Waals surface area (Å²) in [6, 6.07) is 8.85. The molecular weight excluding hydrogens is 284 g/mol. The molecule has 1 amide bonds. The van der Waals surface area contributed by atoms with E-state index in [-0.39, 0.29) is 12.5 Å². The topological polar surface area (TPSA) is 86.7 Å². The molecule has 2 rings (SSSR count). The van der Waals surface area contributed by atoms with Crippen molar-refractivity contribution in [1.29, 1.82) is 0 Å². The van der Waals surface area contributed by atoms with E-state index in [1.807, 2.05) is 12.1 Å². The molecule has 0 bridgehead atoms. The quantitative estimate of drug-likeness (QED) is 0.731. The van der Waals surface area contributed by atoms with Crippen LogP contribution >= 0.6 is 0 Å². The van der Waals surface area contributed by atoms with Crippen LogP contribution in [0.5, 0.6) is 5.75 Å². The van der Waals surface area contributed by atoms with Gasteiger partial charge >= 0.3 is 0 Å². The molecule has 1 aromatic heterocycles. The molecule has 118 valence electrons. The fourth-order valence-corrected chi connectivity index (χ4v) is 1.87. The Morgan fingerprint density at radius 2 is 2.18 bits per heavy atom. The van der Waals surface area contributed by atoms with Crippen LogP contribution in [0.2, 0.25) is 0 Å². The third kappa shape index (κ3) is 4.61. The van der Waals surface area contributed by atoms with E-state index in [2.05, 4.69) is 5.32 Å². The zero-order chi connectivity index (χ0) is 15.8. The van der Waals surface area contributed by atoms with Crippen LogP contribution in [0.3, 0.4) is 0 Å². The van der Waals surface area contributed by atoms with Crippen molar-refractivity contribution >= 4 is 11.6 Å². The van der Waals surface area contributed by atoms with Gasteiger partial charge in [0.15, 0.2) is 0 Å². The van der Waals surface area contributed by atoms with Crippen LogP contribution in [0.1, 0.15) is 22.5 Å². The van der Waals surface area contributed by atoms with Gasteiger partial charge in [-0.15, -0.1) is 0 Å². The lowest BCUT2D eigenvalue weighted by molar-refractivity contribution is 0.102. The summed E-state index contributed by atoms with van der Waals surface area (Å²) >= 11 is 0. The maximum Gasteiger partial charge on any atom is 0.258 e. The highest BCUT2D eigenvalue weighted by Crippen LogP contribution is 2.19. The number of furan rings is 1. The average molecular weight is 304 g/mol. The minimum atomic E-state index is -0.250. The molecule has 6 nitrogen and oxygen atoms in total. The van der Waals surface area contributed by atoms with Gasteiger partial charge in [0, 0.05) is 31.9 Å². The van der Waals surface area contributed by atoms with Gasteiger partial charge in [-0.2, -0.15) is 0 Å². The van der Waals surface area contributed by atoms with Crippen LogP contribution in [0.15, 0.2) is 41.0 Å². The Morgan fingerprint density at radius 1 is 1.32 bits per heavy atom. The maximum atomic E-state index is 12.1. The number of carbonyl (C=O) groups is 1. The first-order valence-corrected chi connectivity index (χ1v) is 7.03. The standard InChI is InChI=1S/C16H20N2O4/c1-20-6-3-7-21-14-5-2-4-13(9-14)18-16(19)12-8-15(10-17)22-11-12/h2,4-5,8-9,11H,3,6-7,10,17H2,1H3,(H,18,19). The van der Waals surface area contributed by atoms with E-state index in [1.165, 1.54) is 6.26 Å². The molecule has 0 saturated heterocycles. The van der Waals surface area contributed by atoms with E-state index in [1.54, 1.807) is 25.3 Å². The van der Waals surface area contributed by atoms with Crippen LogP contribution in [-0.2, 0) is 11.3 Å². The lowest BCUT2D eigenvalue weighted by Crippen LogP contribution is -2.11. The number of ether oxygens (including phenoxy) is 2. The fraction of sp³-hybridized carbons (Fsp3) is 0.312. The van der Waals surface area contributed by atoms with Gasteiger partial charge < -0.3 is 24.9 Å². The van der Waals surface area contributed by atoms with Gasteiger partial charge in [0.25, 0.3) is 5.91 Å². The second-order valence-electron chi connectivity index (χ2n) is 4.68. The smallest absolute Gasteiger partial charge is 0.258 e. The molecule has 0 fully saturated rings. The molecular formula is C16H20N2O4. The van der Waals surface area contributed by atoms with Crippen LogP contribution < -0.4 is 15.8 Å². The van der Waals surface area contributed by atoms with Crippen molar-refractivity contribution in [2.75, 3.05) is 25.6 Å². The van der Waals surface area contributed by atoms with Crippen molar-refractivity contribution in [3.63, 3.8) is 0 Å². The highest BCUT2D eigenvalue weighted by Gasteiger charge is 2.10. The Morgan fingerprint density at radius 3 is 2.91 bits per heavy atom. The third-order valence-corrected chi connectivity index (χ3v) is 2.97. The van der Waals surface area contributed by atoms with Crippen molar-refractivity contribution in [3.8, 4) is 5.75 Å². The number of nitrogens with one attached hydrogen (secondary N) is 1. The number of amides is 1. The molecule has 0 aliphatic rings. The molecule has 0 radical (unpaired) electrons. The summed E-state index contributed by atoms with van der Waals surface area (Å²) in [5.41, 5.74) is 6.55. The second kappa shape index (κ2) is 8.21. The number of nitrogens with two attached hydrogens (primary N) is 1. The average Bonchev–Trinajstić information content (AvgIpc) is 3.01. The first-order chi connectivity index (χ1) is 10.7. The minimum Gasteiger partial charge on any atom is -0.493 e. The van der Waals surface area contributed by atoms with Gasteiger partial charge in [0.1, 0.15) is 17.8 Å². The minimum absolute atomic E-state index is 0.250. The Labute approximate surface area is 129 Å². The molecule has 0 aliphatic heterocycles. The molecule has 3 N–H and O–H groups in total. The fourth-order valence-electron chi connectivity index (χ4n) is 1.87. The normalized spacial score (nSPS) is 10.5. The molecule has 0 atom stereocenters. The van der Waals surface area contributed by atoms with Crippen molar-refractivity contribution < 1.29 is 18.7 Å². The van der Waals surface area contributed by atoms with Crippen LogP contribution in [0.25, 0.3) is 0 Å². The summed E-state index contributed by atoms with van der Waals surface area (Å²) in [4.78, 5) is 12.1. The summed E-state index contributed by atoms with van der Waals surface area (Å²) in [5.74, 6) is 1.02. The van der Waals surface area contributed by atoms with E-state index in [0.29, 0.717) is 36.0 Å². The van der Waals surface area contributed by atoms with Gasteiger partial charge in [-0.25, -0.2) is 0 Å². The van der Waals surface area contributed by atoms with Crippen molar-refractivity contribution in [2.45, 2.75) is 13.0 Å². The molecule has 0 saturated carbocycles. The first kappa shape index (κ1) is 16.1. The number of hydrogen-bond acceptors (Lipinski definition) is 5. The molecule has 0 spiro atoms. The van der Waals surface area contributed by atoms with Gasteiger partial charge in [0.2, 0.25) is 0 Å². The van der Waals surface area contributed by atoms with Gasteiger partial charge in [-0.1, -0.05) is 6.07 Å². The predicted octanol–water partition coefficient (Wildman–Crippen LogP) is 2.41. The third-order valence-electron chi connectivity index (χ3n) is 2.97. The van der Waals surface area contributed by atoms with E-state index in [0.717, 1.165) is 6.42 Å². The molecule has 6 heteroatoms. The van der Waals surface area contributed by atoms with Gasteiger partial charge in [0.05, 0.1) is 18.7 Å². The molecule has 1 aromatic carbocycles. The Kier molecular flexibility index (Phi) is 6.00. The van der Waals surface area contributed by atoms with E-state index < -0.39 is 0 Å². The number of benzene rings is 1.